The summed E-state index contributed by atoms with van der Waals surface area (Å²) in [4.78, 5) is 11.6. The maximum Gasteiger partial charge on any atom is 0.222 e. The third-order valence-electron chi connectivity index (χ3n) is 3.24. The third-order valence-corrected chi connectivity index (χ3v) is 3.24. The standard InChI is InChI=1S/C12H24N2O3/c1-10(15)9-13-6-7-14-11(16)8-12(17-2)4-3-5-12/h10,13,15H,3-9H2,1-2H3,(H,14,16). The van der Waals surface area contributed by atoms with Crippen LogP contribution in [-0.4, -0.2) is 49.5 Å². The lowest BCUT2D eigenvalue weighted by atomic mass is 9.77. The predicted octanol–water partition coefficient (Wildman–Crippen LogP) is 0.0322. The molecule has 17 heavy (non-hydrogen) atoms. The van der Waals surface area contributed by atoms with Crippen molar-refractivity contribution in [1.82, 2.24) is 10.6 Å². The molecule has 1 fully saturated rings. The molecule has 1 unspecified atom stereocenters. The highest BCUT2D eigenvalue weighted by Crippen LogP contribution is 2.37. The van der Waals surface area contributed by atoms with Gasteiger partial charge < -0.3 is 20.5 Å². The molecular weight excluding hydrogens is 220 g/mol. The highest BCUT2D eigenvalue weighted by molar-refractivity contribution is 5.77. The Kier molecular flexibility index (Phi) is 5.88. The van der Waals surface area contributed by atoms with Gasteiger partial charge in [-0.2, -0.15) is 0 Å². The zero-order valence-electron chi connectivity index (χ0n) is 10.8. The smallest absolute Gasteiger partial charge is 0.222 e. The molecule has 0 heterocycles. The van der Waals surface area contributed by atoms with Gasteiger partial charge in [-0.25, -0.2) is 0 Å². The van der Waals surface area contributed by atoms with Crippen molar-refractivity contribution < 1.29 is 14.6 Å². The van der Waals surface area contributed by atoms with E-state index in [1.807, 2.05) is 0 Å². The Bertz CT molecular complexity index is 234. The molecule has 1 amide bonds. The molecule has 0 aliphatic heterocycles. The fourth-order valence-corrected chi connectivity index (χ4v) is 1.98. The van der Waals surface area contributed by atoms with Crippen molar-refractivity contribution >= 4 is 5.91 Å². The van der Waals surface area contributed by atoms with E-state index in [0.717, 1.165) is 19.3 Å². The lowest BCUT2D eigenvalue weighted by molar-refractivity contribution is -0.134. The number of carbonyl (C=O) groups is 1. The Morgan fingerprint density at radius 2 is 2.18 bits per heavy atom. The Hall–Kier alpha value is -0.650. The molecule has 0 aromatic carbocycles. The molecule has 5 heteroatoms. The molecule has 5 nitrogen and oxygen atoms in total. The first-order chi connectivity index (χ1) is 8.08. The van der Waals surface area contributed by atoms with Crippen molar-refractivity contribution in [2.75, 3.05) is 26.7 Å². The number of rotatable bonds is 8. The number of carbonyl (C=O) groups excluding carboxylic acids is 1. The summed E-state index contributed by atoms with van der Waals surface area (Å²) >= 11 is 0. The summed E-state index contributed by atoms with van der Waals surface area (Å²) in [5, 5.41) is 14.9. The number of aliphatic hydroxyl groups excluding tert-OH is 1. The lowest BCUT2D eigenvalue weighted by Gasteiger charge is -2.39. The SMILES string of the molecule is COC1(CC(=O)NCCNCC(C)O)CCC1. The van der Waals surface area contributed by atoms with Crippen molar-refractivity contribution in [2.24, 2.45) is 0 Å². The van der Waals surface area contributed by atoms with E-state index in [-0.39, 0.29) is 17.6 Å². The molecule has 1 rings (SSSR count). The van der Waals surface area contributed by atoms with Crippen LogP contribution in [0.25, 0.3) is 0 Å². The van der Waals surface area contributed by atoms with Gasteiger partial charge in [0, 0.05) is 26.7 Å². The molecule has 1 saturated carbocycles. The van der Waals surface area contributed by atoms with Crippen molar-refractivity contribution in [3.8, 4) is 0 Å². The molecule has 0 bridgehead atoms. The average Bonchev–Trinajstić information content (AvgIpc) is 2.22. The lowest BCUT2D eigenvalue weighted by Crippen LogP contribution is -2.45. The predicted molar refractivity (Wildman–Crippen MR) is 65.8 cm³/mol. The van der Waals surface area contributed by atoms with Crippen LogP contribution < -0.4 is 10.6 Å². The maximum absolute atomic E-state index is 11.6. The van der Waals surface area contributed by atoms with E-state index >= 15 is 0 Å². The molecule has 1 atom stereocenters. The molecule has 0 radical (unpaired) electrons. The highest BCUT2D eigenvalue weighted by atomic mass is 16.5. The number of methoxy groups -OCH3 is 1. The molecular formula is C12H24N2O3. The van der Waals surface area contributed by atoms with E-state index in [1.165, 1.54) is 0 Å². The monoisotopic (exact) mass is 244 g/mol. The summed E-state index contributed by atoms with van der Waals surface area (Å²) in [5.41, 5.74) is -0.197. The Morgan fingerprint density at radius 1 is 1.47 bits per heavy atom. The van der Waals surface area contributed by atoms with Crippen molar-refractivity contribution in [3.05, 3.63) is 0 Å². The van der Waals surface area contributed by atoms with Gasteiger partial charge in [0.25, 0.3) is 0 Å². The van der Waals surface area contributed by atoms with Gasteiger partial charge in [-0.3, -0.25) is 4.79 Å². The zero-order valence-corrected chi connectivity index (χ0v) is 10.8. The topological polar surface area (TPSA) is 70.6 Å². The van der Waals surface area contributed by atoms with Crippen LogP contribution in [0.2, 0.25) is 0 Å². The van der Waals surface area contributed by atoms with Gasteiger partial charge in [0.15, 0.2) is 0 Å². The first-order valence-electron chi connectivity index (χ1n) is 6.29. The largest absolute Gasteiger partial charge is 0.392 e. The van der Waals surface area contributed by atoms with E-state index in [0.29, 0.717) is 26.1 Å². The van der Waals surface area contributed by atoms with Crippen LogP contribution in [0.5, 0.6) is 0 Å². The molecule has 0 aromatic heterocycles. The van der Waals surface area contributed by atoms with Crippen molar-refractivity contribution in [1.29, 1.82) is 0 Å². The van der Waals surface area contributed by atoms with Gasteiger partial charge in [0.05, 0.1) is 18.1 Å². The van der Waals surface area contributed by atoms with Gasteiger partial charge >= 0.3 is 0 Å². The second-order valence-corrected chi connectivity index (χ2v) is 4.82. The van der Waals surface area contributed by atoms with Crippen LogP contribution in [0.4, 0.5) is 0 Å². The molecule has 1 aliphatic rings. The van der Waals surface area contributed by atoms with Gasteiger partial charge in [0.2, 0.25) is 5.91 Å². The Labute approximate surface area is 103 Å². The van der Waals surface area contributed by atoms with Crippen molar-refractivity contribution in [2.45, 2.75) is 44.3 Å². The summed E-state index contributed by atoms with van der Waals surface area (Å²) in [5.74, 6) is 0.0467. The summed E-state index contributed by atoms with van der Waals surface area (Å²) in [6.45, 7) is 3.55. The van der Waals surface area contributed by atoms with Crippen LogP contribution in [0, 0.1) is 0 Å². The van der Waals surface area contributed by atoms with Crippen LogP contribution in [-0.2, 0) is 9.53 Å². The van der Waals surface area contributed by atoms with Crippen LogP contribution in [0.15, 0.2) is 0 Å². The number of hydrogen-bond donors (Lipinski definition) is 3. The molecule has 0 spiro atoms. The molecule has 100 valence electrons. The number of amides is 1. The normalized spacial score (nSPS) is 19.5. The number of hydrogen-bond acceptors (Lipinski definition) is 4. The summed E-state index contributed by atoms with van der Waals surface area (Å²) in [6, 6.07) is 0. The fraction of sp³-hybridized carbons (Fsp3) is 0.917. The van der Waals surface area contributed by atoms with E-state index in [4.69, 9.17) is 9.84 Å². The van der Waals surface area contributed by atoms with Gasteiger partial charge in [-0.1, -0.05) is 0 Å². The summed E-state index contributed by atoms with van der Waals surface area (Å²) < 4.78 is 5.39. The number of nitrogens with one attached hydrogen (secondary N) is 2. The molecule has 1 aliphatic carbocycles. The van der Waals surface area contributed by atoms with E-state index in [1.54, 1.807) is 14.0 Å². The molecule has 0 saturated heterocycles. The van der Waals surface area contributed by atoms with E-state index in [2.05, 4.69) is 10.6 Å². The maximum atomic E-state index is 11.6. The van der Waals surface area contributed by atoms with Crippen LogP contribution in [0.3, 0.4) is 0 Å². The van der Waals surface area contributed by atoms with E-state index in [9.17, 15) is 4.79 Å². The van der Waals surface area contributed by atoms with Crippen LogP contribution in [0.1, 0.15) is 32.6 Å². The second-order valence-electron chi connectivity index (χ2n) is 4.82. The fourth-order valence-electron chi connectivity index (χ4n) is 1.98. The minimum absolute atomic E-state index is 0.0467. The summed E-state index contributed by atoms with van der Waals surface area (Å²) in [7, 11) is 1.68. The third kappa shape index (κ3) is 5.02. The Morgan fingerprint density at radius 3 is 2.65 bits per heavy atom. The number of ether oxygens (including phenoxy) is 1. The second kappa shape index (κ2) is 6.93. The molecule has 0 aromatic rings. The van der Waals surface area contributed by atoms with Gasteiger partial charge in [0.1, 0.15) is 0 Å². The average molecular weight is 244 g/mol. The minimum atomic E-state index is -0.350. The van der Waals surface area contributed by atoms with E-state index < -0.39 is 0 Å². The van der Waals surface area contributed by atoms with Gasteiger partial charge in [-0.15, -0.1) is 0 Å². The zero-order chi connectivity index (χ0) is 12.7. The summed E-state index contributed by atoms with van der Waals surface area (Å²) in [6.07, 6.45) is 3.23. The van der Waals surface area contributed by atoms with Crippen LogP contribution >= 0.6 is 0 Å². The van der Waals surface area contributed by atoms with Gasteiger partial charge in [-0.05, 0) is 26.2 Å². The Balaban J connectivity index is 2.05. The minimum Gasteiger partial charge on any atom is -0.392 e. The highest BCUT2D eigenvalue weighted by Gasteiger charge is 2.38. The first kappa shape index (κ1) is 14.4. The number of aliphatic hydroxyl groups is 1. The quantitative estimate of drug-likeness (QED) is 0.527. The first-order valence-corrected chi connectivity index (χ1v) is 6.29. The molecule has 3 N–H and O–H groups in total. The van der Waals surface area contributed by atoms with Crippen molar-refractivity contribution in [3.63, 3.8) is 0 Å².